The van der Waals surface area contributed by atoms with Crippen molar-refractivity contribution in [2.75, 3.05) is 23.9 Å². The fraction of sp³-hybridized carbons (Fsp3) is 0.250. The minimum atomic E-state index is -0.616. The van der Waals surface area contributed by atoms with Crippen LogP contribution in [0.2, 0.25) is 0 Å². The summed E-state index contributed by atoms with van der Waals surface area (Å²) in [5, 5.41) is 14.1. The number of aromatic nitrogens is 4. The first-order valence-corrected chi connectivity index (χ1v) is 6.56. The Morgan fingerprint density at radius 3 is 2.42 bits per heavy atom. The lowest BCUT2D eigenvalue weighted by molar-refractivity contribution is -0.114. The van der Waals surface area contributed by atoms with E-state index in [1.54, 1.807) is 7.05 Å². The number of nitrogens with zero attached hydrogens (tertiary/aromatic N) is 6. The van der Waals surface area contributed by atoms with Crippen molar-refractivity contribution in [1.29, 1.82) is 0 Å². The average molecular weight is 333 g/mol. The highest BCUT2D eigenvalue weighted by atomic mass is 16.5. The molecule has 0 aliphatic carbocycles. The number of esters is 1. The Hall–Kier alpha value is -3.57. The Balaban J connectivity index is 2.38. The molecule has 0 aliphatic heterocycles. The third-order valence-electron chi connectivity index (χ3n) is 2.78. The molecule has 0 fully saturated rings. The van der Waals surface area contributed by atoms with Gasteiger partial charge in [0, 0.05) is 14.0 Å². The molecule has 2 rings (SSSR count). The zero-order chi connectivity index (χ0) is 17.9. The molecule has 0 bridgehead atoms. The molecular weight excluding hydrogens is 318 g/mol. The van der Waals surface area contributed by atoms with Gasteiger partial charge in [0.1, 0.15) is 5.56 Å². The highest BCUT2D eigenvalue weighted by Crippen LogP contribution is 2.30. The number of hydrogen-bond acceptors (Lipinski definition) is 10. The summed E-state index contributed by atoms with van der Waals surface area (Å²) in [6, 6.07) is 0. The summed E-state index contributed by atoms with van der Waals surface area (Å²) in [5.41, 5.74) is 11.6. The van der Waals surface area contributed by atoms with Gasteiger partial charge in [-0.2, -0.15) is 15.1 Å². The highest BCUT2D eigenvalue weighted by Gasteiger charge is 2.17. The van der Waals surface area contributed by atoms with Gasteiger partial charge in [0.25, 0.3) is 0 Å². The van der Waals surface area contributed by atoms with Crippen LogP contribution in [0.3, 0.4) is 0 Å². The topological polar surface area (TPSA) is 176 Å². The maximum absolute atomic E-state index is 11.6. The number of methoxy groups -OCH3 is 1. The van der Waals surface area contributed by atoms with Gasteiger partial charge in [-0.3, -0.25) is 10.1 Å². The van der Waals surface area contributed by atoms with Crippen LogP contribution >= 0.6 is 0 Å². The third-order valence-corrected chi connectivity index (χ3v) is 2.78. The monoisotopic (exact) mass is 333 g/mol. The zero-order valence-electron chi connectivity index (χ0n) is 13.1. The molecule has 0 saturated carbocycles. The molecule has 2 aromatic rings. The molecule has 24 heavy (non-hydrogen) atoms. The first kappa shape index (κ1) is 16.8. The number of amides is 1. The summed E-state index contributed by atoms with van der Waals surface area (Å²) in [7, 11) is 2.81. The van der Waals surface area contributed by atoms with Gasteiger partial charge in [0.05, 0.1) is 13.3 Å². The first-order valence-electron chi connectivity index (χ1n) is 6.56. The molecule has 12 nitrogen and oxygen atoms in total. The zero-order valence-corrected chi connectivity index (χ0v) is 13.1. The Morgan fingerprint density at radius 1 is 1.25 bits per heavy atom. The normalized spacial score (nSPS) is 10.8. The third kappa shape index (κ3) is 3.43. The van der Waals surface area contributed by atoms with Crippen molar-refractivity contribution in [3.63, 3.8) is 0 Å². The van der Waals surface area contributed by atoms with Crippen LogP contribution < -0.4 is 16.8 Å². The van der Waals surface area contributed by atoms with Gasteiger partial charge in [-0.05, 0) is 0 Å². The number of ether oxygens (including phenoxy) is 1. The summed E-state index contributed by atoms with van der Waals surface area (Å²) in [6.45, 7) is 1.29. The number of anilines is 3. The van der Waals surface area contributed by atoms with Crippen molar-refractivity contribution >= 4 is 41.0 Å². The Morgan fingerprint density at radius 2 is 1.88 bits per heavy atom. The second-order valence-corrected chi connectivity index (χ2v) is 4.54. The maximum Gasteiger partial charge on any atom is 0.343 e. The van der Waals surface area contributed by atoms with E-state index in [-0.39, 0.29) is 40.6 Å². The number of carbonyl (C=O) groups is 2. The van der Waals surface area contributed by atoms with Gasteiger partial charge in [-0.1, -0.05) is 0 Å². The molecule has 0 unspecified atom stereocenters. The molecule has 0 radical (unpaired) electrons. The van der Waals surface area contributed by atoms with Crippen molar-refractivity contribution in [2.24, 2.45) is 17.3 Å². The fourth-order valence-electron chi connectivity index (χ4n) is 1.71. The van der Waals surface area contributed by atoms with E-state index in [4.69, 9.17) is 11.5 Å². The molecule has 0 aromatic carbocycles. The van der Waals surface area contributed by atoms with E-state index < -0.39 is 5.97 Å². The van der Waals surface area contributed by atoms with E-state index in [2.05, 4.69) is 35.3 Å². The van der Waals surface area contributed by atoms with E-state index in [0.717, 1.165) is 0 Å². The van der Waals surface area contributed by atoms with Crippen molar-refractivity contribution < 1.29 is 14.3 Å². The van der Waals surface area contributed by atoms with Gasteiger partial charge in [0.2, 0.25) is 11.9 Å². The SMILES string of the molecule is COC(=O)c1cnn(C)c1N=Nc1c(N)nc(NC(C)=O)nc1N. The molecule has 2 aromatic heterocycles. The van der Waals surface area contributed by atoms with Gasteiger partial charge in [-0.25, -0.2) is 9.48 Å². The summed E-state index contributed by atoms with van der Waals surface area (Å²) in [4.78, 5) is 30.4. The number of nitrogen functional groups attached to an aromatic ring is 2. The summed E-state index contributed by atoms with van der Waals surface area (Å²) in [5.74, 6) is -1.07. The van der Waals surface area contributed by atoms with Gasteiger partial charge >= 0.3 is 5.97 Å². The second-order valence-electron chi connectivity index (χ2n) is 4.54. The maximum atomic E-state index is 11.6. The number of rotatable bonds is 4. The van der Waals surface area contributed by atoms with Crippen LogP contribution in [0, 0.1) is 0 Å². The molecule has 2 heterocycles. The summed E-state index contributed by atoms with van der Waals surface area (Å²) >= 11 is 0. The lowest BCUT2D eigenvalue weighted by Crippen LogP contribution is -2.11. The molecule has 0 aliphatic rings. The molecule has 5 N–H and O–H groups in total. The molecule has 126 valence electrons. The van der Waals surface area contributed by atoms with Gasteiger partial charge < -0.3 is 16.2 Å². The van der Waals surface area contributed by atoms with Gasteiger partial charge in [-0.15, -0.1) is 10.2 Å². The lowest BCUT2D eigenvalue weighted by atomic mass is 10.3. The molecule has 1 amide bonds. The van der Waals surface area contributed by atoms with Crippen LogP contribution in [0.5, 0.6) is 0 Å². The number of nitrogens with one attached hydrogen (secondary N) is 1. The first-order chi connectivity index (χ1) is 11.3. The average Bonchev–Trinajstić information content (AvgIpc) is 2.86. The quantitative estimate of drug-likeness (QED) is 0.536. The number of nitrogens with two attached hydrogens (primary N) is 2. The van der Waals surface area contributed by atoms with Crippen LogP contribution in [-0.4, -0.2) is 38.7 Å². The van der Waals surface area contributed by atoms with Gasteiger partial charge in [0.15, 0.2) is 23.1 Å². The smallest absolute Gasteiger partial charge is 0.343 e. The van der Waals surface area contributed by atoms with E-state index in [1.165, 1.54) is 24.9 Å². The minimum absolute atomic E-state index is 0.00104. The second kappa shape index (κ2) is 6.68. The van der Waals surface area contributed by atoms with E-state index >= 15 is 0 Å². The Bertz CT molecular complexity index is 804. The molecule has 12 heteroatoms. The number of carbonyl (C=O) groups excluding carboxylic acids is 2. The van der Waals surface area contributed by atoms with Crippen LogP contribution in [0.4, 0.5) is 29.1 Å². The largest absolute Gasteiger partial charge is 0.465 e. The van der Waals surface area contributed by atoms with Crippen molar-refractivity contribution in [2.45, 2.75) is 6.92 Å². The van der Waals surface area contributed by atoms with Crippen LogP contribution in [0.25, 0.3) is 0 Å². The predicted octanol–water partition coefficient (Wildman–Crippen LogP) is 0.535. The standard InChI is InChI=1S/C12H15N9O3/c1-5(22)16-12-17-8(13)7(9(14)18-12)19-20-10-6(11(23)24-3)4-15-21(10)2/h4H,1-3H3,(H5,13,14,16,17,18,22). The molecule has 0 spiro atoms. The highest BCUT2D eigenvalue weighted by molar-refractivity contribution is 5.93. The Kier molecular flexibility index (Phi) is 4.68. The van der Waals surface area contributed by atoms with E-state index in [1.807, 2.05) is 0 Å². The van der Waals surface area contributed by atoms with Crippen LogP contribution in [0.1, 0.15) is 17.3 Å². The predicted molar refractivity (Wildman–Crippen MR) is 83.9 cm³/mol. The fourth-order valence-corrected chi connectivity index (χ4v) is 1.71. The van der Waals surface area contributed by atoms with E-state index in [0.29, 0.717) is 0 Å². The van der Waals surface area contributed by atoms with Crippen molar-refractivity contribution in [1.82, 2.24) is 19.7 Å². The summed E-state index contributed by atoms with van der Waals surface area (Å²) < 4.78 is 5.96. The van der Waals surface area contributed by atoms with Crippen molar-refractivity contribution in [3.8, 4) is 0 Å². The van der Waals surface area contributed by atoms with Crippen LogP contribution in [0.15, 0.2) is 16.4 Å². The molecular formula is C12H15N9O3. The summed E-state index contributed by atoms with van der Waals surface area (Å²) in [6.07, 6.45) is 1.29. The molecule has 0 atom stereocenters. The van der Waals surface area contributed by atoms with E-state index in [9.17, 15) is 9.59 Å². The number of aryl methyl sites for hydroxylation is 1. The van der Waals surface area contributed by atoms with Crippen LogP contribution in [-0.2, 0) is 16.6 Å². The number of hydrogen-bond donors (Lipinski definition) is 3. The number of azo groups is 1. The Labute approximate surface area is 135 Å². The van der Waals surface area contributed by atoms with Crippen molar-refractivity contribution in [3.05, 3.63) is 11.8 Å². The minimum Gasteiger partial charge on any atom is -0.465 e. The molecule has 0 saturated heterocycles. The lowest BCUT2D eigenvalue weighted by Gasteiger charge is -2.06.